The van der Waals surface area contributed by atoms with Crippen molar-refractivity contribution in [3.8, 4) is 0 Å². The van der Waals surface area contributed by atoms with E-state index in [9.17, 15) is 4.79 Å². The van der Waals surface area contributed by atoms with Gasteiger partial charge in [0, 0.05) is 26.2 Å². The Balaban J connectivity index is 2.18. The van der Waals surface area contributed by atoms with Crippen molar-refractivity contribution in [1.82, 2.24) is 9.88 Å². The highest BCUT2D eigenvalue weighted by Gasteiger charge is 2.19. The van der Waals surface area contributed by atoms with Crippen molar-refractivity contribution in [1.29, 1.82) is 0 Å². The van der Waals surface area contributed by atoms with Gasteiger partial charge in [0.2, 0.25) is 0 Å². The maximum absolute atomic E-state index is 11.8. The number of carbonyl (C=O) groups excluding carboxylic acids is 1. The second kappa shape index (κ2) is 6.34. The molecule has 19 heavy (non-hydrogen) atoms. The van der Waals surface area contributed by atoms with E-state index in [-0.39, 0.29) is 5.97 Å². The van der Waals surface area contributed by atoms with Gasteiger partial charge in [0.15, 0.2) is 5.69 Å². The second-order valence-electron chi connectivity index (χ2n) is 4.51. The summed E-state index contributed by atoms with van der Waals surface area (Å²) in [6.45, 7) is 6.00. The fourth-order valence-electron chi connectivity index (χ4n) is 1.99. The summed E-state index contributed by atoms with van der Waals surface area (Å²) in [5.74, 6) is 0.449. The molecule has 1 aliphatic rings. The number of likely N-dealkylation sites (N-methyl/N-ethyl adjacent to an activating group) is 1. The number of hydrogen-bond acceptors (Lipinski definition) is 5. The highest BCUT2D eigenvalue weighted by atomic mass is 79.9. The third kappa shape index (κ3) is 3.45. The van der Waals surface area contributed by atoms with Gasteiger partial charge in [0.1, 0.15) is 5.82 Å². The van der Waals surface area contributed by atoms with Crippen LogP contribution in [0.15, 0.2) is 16.6 Å². The van der Waals surface area contributed by atoms with Gasteiger partial charge in [-0.2, -0.15) is 0 Å². The van der Waals surface area contributed by atoms with Crippen LogP contribution >= 0.6 is 15.9 Å². The van der Waals surface area contributed by atoms with E-state index in [1.54, 1.807) is 6.92 Å². The van der Waals surface area contributed by atoms with Gasteiger partial charge in [0.25, 0.3) is 0 Å². The third-order valence-electron chi connectivity index (χ3n) is 3.13. The van der Waals surface area contributed by atoms with E-state index in [1.807, 2.05) is 12.1 Å². The second-order valence-corrected chi connectivity index (χ2v) is 5.37. The highest BCUT2D eigenvalue weighted by molar-refractivity contribution is 9.10. The molecular formula is C13H18BrN3O2. The highest BCUT2D eigenvalue weighted by Crippen LogP contribution is 2.21. The number of aromatic nitrogens is 1. The Bertz CT molecular complexity index is 459. The van der Waals surface area contributed by atoms with Gasteiger partial charge < -0.3 is 14.5 Å². The molecule has 1 aromatic rings. The number of hydrogen-bond donors (Lipinski definition) is 0. The van der Waals surface area contributed by atoms with Crippen molar-refractivity contribution in [3.05, 3.63) is 22.3 Å². The van der Waals surface area contributed by atoms with Gasteiger partial charge in [-0.05, 0) is 42.0 Å². The first-order valence-electron chi connectivity index (χ1n) is 6.39. The molecule has 6 heteroatoms. The normalized spacial score (nSPS) is 16.5. The van der Waals surface area contributed by atoms with Crippen molar-refractivity contribution in [2.75, 3.05) is 44.7 Å². The molecule has 0 aromatic carbocycles. The monoisotopic (exact) mass is 327 g/mol. The molecule has 0 N–H and O–H groups in total. The van der Waals surface area contributed by atoms with E-state index in [4.69, 9.17) is 4.74 Å². The van der Waals surface area contributed by atoms with Crippen LogP contribution in [0.4, 0.5) is 5.82 Å². The lowest BCUT2D eigenvalue weighted by molar-refractivity contribution is 0.0518. The minimum absolute atomic E-state index is 0.346. The molecular weight excluding hydrogens is 310 g/mol. The molecule has 2 rings (SSSR count). The van der Waals surface area contributed by atoms with Gasteiger partial charge >= 0.3 is 5.97 Å². The number of nitrogens with zero attached hydrogens (tertiary/aromatic N) is 3. The maximum Gasteiger partial charge on any atom is 0.358 e. The first kappa shape index (κ1) is 14.3. The average Bonchev–Trinajstić information content (AvgIpc) is 2.40. The average molecular weight is 328 g/mol. The van der Waals surface area contributed by atoms with Crippen molar-refractivity contribution in [2.24, 2.45) is 0 Å². The number of esters is 1. The van der Waals surface area contributed by atoms with Crippen LogP contribution in [0.25, 0.3) is 0 Å². The van der Waals surface area contributed by atoms with Gasteiger partial charge in [0.05, 0.1) is 11.1 Å². The van der Waals surface area contributed by atoms with E-state index in [0.29, 0.717) is 16.8 Å². The number of carbonyl (C=O) groups is 1. The van der Waals surface area contributed by atoms with E-state index >= 15 is 0 Å². The molecule has 0 bridgehead atoms. The molecule has 1 aromatic heterocycles. The Kier molecular flexibility index (Phi) is 4.76. The first-order valence-corrected chi connectivity index (χ1v) is 7.18. The molecule has 0 unspecified atom stereocenters. The van der Waals surface area contributed by atoms with Gasteiger partial charge in [-0.25, -0.2) is 9.78 Å². The topological polar surface area (TPSA) is 45.7 Å². The van der Waals surface area contributed by atoms with Crippen LogP contribution in [0, 0.1) is 0 Å². The van der Waals surface area contributed by atoms with E-state index < -0.39 is 0 Å². The molecule has 1 saturated heterocycles. The minimum atomic E-state index is -0.384. The summed E-state index contributed by atoms with van der Waals surface area (Å²) in [6, 6.07) is 3.78. The SMILES string of the molecule is CCOC(=O)c1nc(N2CCN(C)CC2)ccc1Br. The van der Waals surface area contributed by atoms with Crippen LogP contribution in [-0.2, 0) is 4.74 Å². The molecule has 0 spiro atoms. The Morgan fingerprint density at radius 1 is 1.37 bits per heavy atom. The molecule has 5 nitrogen and oxygen atoms in total. The summed E-state index contributed by atoms with van der Waals surface area (Å²) in [7, 11) is 2.11. The standard InChI is InChI=1S/C13H18BrN3O2/c1-3-19-13(18)12-10(14)4-5-11(15-12)17-8-6-16(2)7-9-17/h4-5H,3,6-9H2,1-2H3. The van der Waals surface area contributed by atoms with Crippen LogP contribution in [0.1, 0.15) is 17.4 Å². The zero-order valence-electron chi connectivity index (χ0n) is 11.2. The lowest BCUT2D eigenvalue weighted by atomic mass is 10.3. The van der Waals surface area contributed by atoms with Crippen LogP contribution in [0.3, 0.4) is 0 Å². The van der Waals surface area contributed by atoms with E-state index in [2.05, 4.69) is 37.8 Å². The molecule has 0 amide bonds. The zero-order valence-corrected chi connectivity index (χ0v) is 12.8. The van der Waals surface area contributed by atoms with Crippen LogP contribution in [-0.4, -0.2) is 55.7 Å². The van der Waals surface area contributed by atoms with Gasteiger partial charge in [-0.1, -0.05) is 0 Å². The van der Waals surface area contributed by atoms with Crippen LogP contribution in [0.2, 0.25) is 0 Å². The first-order chi connectivity index (χ1) is 9.11. The summed E-state index contributed by atoms with van der Waals surface area (Å²) in [5, 5.41) is 0. The maximum atomic E-state index is 11.8. The summed E-state index contributed by atoms with van der Waals surface area (Å²) in [5.41, 5.74) is 0.346. The lowest BCUT2D eigenvalue weighted by Gasteiger charge is -2.33. The number of rotatable bonds is 3. The summed E-state index contributed by atoms with van der Waals surface area (Å²) in [4.78, 5) is 20.7. The van der Waals surface area contributed by atoms with Crippen molar-refractivity contribution >= 4 is 27.7 Å². The molecule has 104 valence electrons. The summed E-state index contributed by atoms with van der Waals surface area (Å²) < 4.78 is 5.68. The fourth-order valence-corrected chi connectivity index (χ4v) is 2.37. The number of ether oxygens (including phenoxy) is 1. The van der Waals surface area contributed by atoms with E-state index in [1.165, 1.54) is 0 Å². The zero-order chi connectivity index (χ0) is 13.8. The molecule has 0 radical (unpaired) electrons. The van der Waals surface area contributed by atoms with Gasteiger partial charge in [-0.15, -0.1) is 0 Å². The van der Waals surface area contributed by atoms with Crippen molar-refractivity contribution in [2.45, 2.75) is 6.92 Å². The number of anilines is 1. The van der Waals surface area contributed by atoms with Crippen LogP contribution < -0.4 is 4.90 Å². The fraction of sp³-hybridized carbons (Fsp3) is 0.538. The quantitative estimate of drug-likeness (QED) is 0.792. The molecule has 0 atom stereocenters. The summed E-state index contributed by atoms with van der Waals surface area (Å²) in [6.07, 6.45) is 0. The number of pyridine rings is 1. The predicted molar refractivity (Wildman–Crippen MR) is 77.6 cm³/mol. The largest absolute Gasteiger partial charge is 0.461 e. The molecule has 0 saturated carbocycles. The third-order valence-corrected chi connectivity index (χ3v) is 3.77. The Morgan fingerprint density at radius 3 is 2.68 bits per heavy atom. The molecule has 1 fully saturated rings. The molecule has 0 aliphatic carbocycles. The van der Waals surface area contributed by atoms with E-state index in [0.717, 1.165) is 32.0 Å². The van der Waals surface area contributed by atoms with Crippen molar-refractivity contribution in [3.63, 3.8) is 0 Å². The number of halogens is 1. The lowest BCUT2D eigenvalue weighted by Crippen LogP contribution is -2.44. The Labute approximate surface area is 121 Å². The van der Waals surface area contributed by atoms with Crippen molar-refractivity contribution < 1.29 is 9.53 Å². The van der Waals surface area contributed by atoms with Crippen LogP contribution in [0.5, 0.6) is 0 Å². The predicted octanol–water partition coefficient (Wildman–Crippen LogP) is 1.77. The van der Waals surface area contributed by atoms with Gasteiger partial charge in [-0.3, -0.25) is 0 Å². The molecule has 1 aliphatic heterocycles. The minimum Gasteiger partial charge on any atom is -0.461 e. The number of piperazine rings is 1. The molecule has 2 heterocycles. The Hall–Kier alpha value is -1.14. The Morgan fingerprint density at radius 2 is 2.05 bits per heavy atom. The summed E-state index contributed by atoms with van der Waals surface area (Å²) >= 11 is 3.34. The smallest absolute Gasteiger partial charge is 0.358 e.